The van der Waals surface area contributed by atoms with Gasteiger partial charge in [0.25, 0.3) is 0 Å². The third kappa shape index (κ3) is 2.84. The molecule has 3 nitrogen and oxygen atoms in total. The fourth-order valence-electron chi connectivity index (χ4n) is 2.40. The number of benzene rings is 1. The van der Waals surface area contributed by atoms with Crippen LogP contribution < -0.4 is 10.6 Å². The number of hydrogen-bond acceptors (Lipinski definition) is 2. The molecular weight excluding hydrogens is 224 g/mol. The highest BCUT2D eigenvalue weighted by atomic mass is 16.2. The van der Waals surface area contributed by atoms with Crippen LogP contribution in [0.3, 0.4) is 0 Å². The molecule has 98 valence electrons. The zero-order valence-electron chi connectivity index (χ0n) is 11.2. The SMILES string of the molecule is CCC(CC)CNC(=O)[C@@H]1Cc2ccccc2N1. The predicted octanol–water partition coefficient (Wildman–Crippen LogP) is 2.58. The molecule has 1 aliphatic rings. The number of nitrogens with one attached hydrogen (secondary N) is 2. The monoisotopic (exact) mass is 246 g/mol. The van der Waals surface area contributed by atoms with Gasteiger partial charge in [-0.1, -0.05) is 44.9 Å². The third-order valence-corrected chi connectivity index (χ3v) is 3.81. The number of rotatable bonds is 5. The summed E-state index contributed by atoms with van der Waals surface area (Å²) in [5.41, 5.74) is 2.33. The third-order valence-electron chi connectivity index (χ3n) is 3.81. The molecule has 1 aromatic carbocycles. The molecule has 0 saturated carbocycles. The molecule has 0 aromatic heterocycles. The van der Waals surface area contributed by atoms with E-state index in [-0.39, 0.29) is 11.9 Å². The van der Waals surface area contributed by atoms with Crippen LogP contribution in [0.1, 0.15) is 32.3 Å². The van der Waals surface area contributed by atoms with Crippen molar-refractivity contribution in [3.63, 3.8) is 0 Å². The molecule has 1 aromatic rings. The van der Waals surface area contributed by atoms with Gasteiger partial charge in [0.15, 0.2) is 0 Å². The Morgan fingerprint density at radius 3 is 2.78 bits per heavy atom. The smallest absolute Gasteiger partial charge is 0.242 e. The molecule has 2 N–H and O–H groups in total. The lowest BCUT2D eigenvalue weighted by Gasteiger charge is -2.16. The van der Waals surface area contributed by atoms with Gasteiger partial charge in [-0.15, -0.1) is 0 Å². The molecule has 0 radical (unpaired) electrons. The first-order chi connectivity index (χ1) is 8.74. The van der Waals surface area contributed by atoms with Gasteiger partial charge >= 0.3 is 0 Å². The van der Waals surface area contributed by atoms with E-state index < -0.39 is 0 Å². The summed E-state index contributed by atoms with van der Waals surface area (Å²) in [6.45, 7) is 5.13. The Balaban J connectivity index is 1.86. The van der Waals surface area contributed by atoms with Crippen LogP contribution in [0.25, 0.3) is 0 Å². The molecule has 2 rings (SSSR count). The first kappa shape index (κ1) is 12.9. The van der Waals surface area contributed by atoms with Gasteiger partial charge in [-0.25, -0.2) is 0 Å². The van der Waals surface area contributed by atoms with Crippen molar-refractivity contribution in [2.24, 2.45) is 5.92 Å². The van der Waals surface area contributed by atoms with Crippen LogP contribution in [-0.4, -0.2) is 18.5 Å². The summed E-state index contributed by atoms with van der Waals surface area (Å²) in [4.78, 5) is 12.1. The Kier molecular flexibility index (Phi) is 4.24. The Morgan fingerprint density at radius 1 is 1.39 bits per heavy atom. The van der Waals surface area contributed by atoms with Gasteiger partial charge in [-0.2, -0.15) is 0 Å². The highest BCUT2D eigenvalue weighted by molar-refractivity contribution is 5.87. The van der Waals surface area contributed by atoms with E-state index in [4.69, 9.17) is 0 Å². The number of hydrogen-bond donors (Lipinski definition) is 2. The molecule has 0 aliphatic carbocycles. The highest BCUT2D eigenvalue weighted by Gasteiger charge is 2.26. The van der Waals surface area contributed by atoms with Crippen LogP contribution >= 0.6 is 0 Å². The van der Waals surface area contributed by atoms with Crippen LogP contribution in [0.4, 0.5) is 5.69 Å². The minimum Gasteiger partial charge on any atom is -0.373 e. The maximum Gasteiger partial charge on any atom is 0.242 e. The van der Waals surface area contributed by atoms with Crippen molar-refractivity contribution >= 4 is 11.6 Å². The molecule has 1 aliphatic heterocycles. The summed E-state index contributed by atoms with van der Waals surface area (Å²) in [5, 5.41) is 6.34. The molecule has 3 heteroatoms. The lowest BCUT2D eigenvalue weighted by Crippen LogP contribution is -2.40. The number of carbonyl (C=O) groups is 1. The molecule has 0 saturated heterocycles. The maximum absolute atomic E-state index is 12.1. The molecule has 0 bridgehead atoms. The van der Waals surface area contributed by atoms with Gasteiger partial charge in [-0.3, -0.25) is 4.79 Å². The second-order valence-electron chi connectivity index (χ2n) is 4.99. The minimum atomic E-state index is -0.100. The quantitative estimate of drug-likeness (QED) is 0.838. The molecule has 18 heavy (non-hydrogen) atoms. The van der Waals surface area contributed by atoms with Crippen LogP contribution in [0.2, 0.25) is 0 Å². The van der Waals surface area contributed by atoms with Crippen LogP contribution in [-0.2, 0) is 11.2 Å². The second-order valence-corrected chi connectivity index (χ2v) is 4.99. The summed E-state index contributed by atoms with van der Waals surface area (Å²) in [6.07, 6.45) is 3.04. The molecule has 1 amide bonds. The first-order valence-corrected chi connectivity index (χ1v) is 6.86. The van der Waals surface area contributed by atoms with E-state index >= 15 is 0 Å². The van der Waals surface area contributed by atoms with Gasteiger partial charge in [0.2, 0.25) is 5.91 Å². The first-order valence-electron chi connectivity index (χ1n) is 6.86. The van der Waals surface area contributed by atoms with Gasteiger partial charge in [0, 0.05) is 18.7 Å². The minimum absolute atomic E-state index is 0.100. The second kappa shape index (κ2) is 5.89. The van der Waals surface area contributed by atoms with Gasteiger partial charge in [0.1, 0.15) is 6.04 Å². The Hall–Kier alpha value is -1.51. The van der Waals surface area contributed by atoms with Gasteiger partial charge < -0.3 is 10.6 Å². The van der Waals surface area contributed by atoms with E-state index in [1.165, 1.54) is 5.56 Å². The average molecular weight is 246 g/mol. The largest absolute Gasteiger partial charge is 0.373 e. The van der Waals surface area contributed by atoms with Gasteiger partial charge in [0.05, 0.1) is 0 Å². The molecule has 1 atom stereocenters. The van der Waals surface area contributed by atoms with Crippen molar-refractivity contribution in [1.29, 1.82) is 0 Å². The molecule has 0 unspecified atom stereocenters. The molecule has 0 spiro atoms. The average Bonchev–Trinajstić information content (AvgIpc) is 2.83. The summed E-state index contributed by atoms with van der Waals surface area (Å²) in [6, 6.07) is 8.03. The topological polar surface area (TPSA) is 41.1 Å². The zero-order valence-corrected chi connectivity index (χ0v) is 11.2. The van der Waals surface area contributed by atoms with E-state index in [9.17, 15) is 4.79 Å². The number of amides is 1. The van der Waals surface area contributed by atoms with E-state index in [1.807, 2.05) is 18.2 Å². The number of para-hydroxylation sites is 1. The molecule has 0 fully saturated rings. The van der Waals surface area contributed by atoms with Crippen molar-refractivity contribution in [1.82, 2.24) is 5.32 Å². The van der Waals surface area contributed by atoms with E-state index in [1.54, 1.807) is 0 Å². The number of anilines is 1. The highest BCUT2D eigenvalue weighted by Crippen LogP contribution is 2.25. The number of carbonyl (C=O) groups excluding carboxylic acids is 1. The lowest BCUT2D eigenvalue weighted by atomic mass is 10.0. The van der Waals surface area contributed by atoms with E-state index in [0.717, 1.165) is 31.5 Å². The van der Waals surface area contributed by atoms with Crippen molar-refractivity contribution in [2.75, 3.05) is 11.9 Å². The maximum atomic E-state index is 12.1. The van der Waals surface area contributed by atoms with Crippen molar-refractivity contribution < 1.29 is 4.79 Å². The predicted molar refractivity (Wildman–Crippen MR) is 74.6 cm³/mol. The zero-order chi connectivity index (χ0) is 13.0. The fourth-order valence-corrected chi connectivity index (χ4v) is 2.40. The van der Waals surface area contributed by atoms with Crippen LogP contribution in [0.5, 0.6) is 0 Å². The Morgan fingerprint density at radius 2 is 2.11 bits per heavy atom. The molecule has 1 heterocycles. The standard InChI is InChI=1S/C15H22N2O/c1-3-11(4-2)10-16-15(18)14-9-12-7-5-6-8-13(12)17-14/h5-8,11,14,17H,3-4,9-10H2,1-2H3,(H,16,18)/t14-/m0/s1. The summed E-state index contributed by atoms with van der Waals surface area (Å²) in [7, 11) is 0. The number of fused-ring (bicyclic) bond motifs is 1. The van der Waals surface area contributed by atoms with Crippen LogP contribution in [0, 0.1) is 5.92 Å². The van der Waals surface area contributed by atoms with Crippen LogP contribution in [0.15, 0.2) is 24.3 Å². The summed E-state index contributed by atoms with van der Waals surface area (Å²) in [5.74, 6) is 0.718. The van der Waals surface area contributed by atoms with Gasteiger partial charge in [-0.05, 0) is 17.5 Å². The van der Waals surface area contributed by atoms with Crippen molar-refractivity contribution in [3.8, 4) is 0 Å². The lowest BCUT2D eigenvalue weighted by molar-refractivity contribution is -0.121. The van der Waals surface area contributed by atoms with Crippen molar-refractivity contribution in [3.05, 3.63) is 29.8 Å². The van der Waals surface area contributed by atoms with Crippen molar-refractivity contribution in [2.45, 2.75) is 39.2 Å². The normalized spacial score (nSPS) is 17.4. The van der Waals surface area contributed by atoms with E-state index in [0.29, 0.717) is 5.92 Å². The van der Waals surface area contributed by atoms with E-state index in [2.05, 4.69) is 30.5 Å². The Labute approximate surface area is 109 Å². The summed E-state index contributed by atoms with van der Waals surface area (Å²) >= 11 is 0. The summed E-state index contributed by atoms with van der Waals surface area (Å²) < 4.78 is 0. The Bertz CT molecular complexity index is 388. The fraction of sp³-hybridized carbons (Fsp3) is 0.533. The molecular formula is C15H22N2O.